The van der Waals surface area contributed by atoms with Crippen LogP contribution in [0.25, 0.3) is 11.3 Å². The number of fused-ring (bicyclic) bond motifs is 3. The van der Waals surface area contributed by atoms with Crippen LogP contribution in [0.15, 0.2) is 42.6 Å². The standard InChI is InChI=1S/C28H23N5O9/c29-26(39)21-18(34)9-14-7-13-6-12-4-5-16(22(35)19(12)23(36)20(13)24(37)28(14,40)25(21)38)31-27-30-10-17(32-27)11-2-1-3-15(8-11)33(41)42/h1-5,8,10,13-14,20-21,35,40H,6-7,9H2,(H2,29,39)(H2,30,31,32)/t13-,14-,20?,21?,28-/m0/s1. The molecule has 2 saturated carbocycles. The number of H-pyrrole nitrogens is 1. The fourth-order valence-corrected chi connectivity index (χ4v) is 6.49. The summed E-state index contributed by atoms with van der Waals surface area (Å²) in [7, 11) is 0. The van der Waals surface area contributed by atoms with Gasteiger partial charge in [-0.2, -0.15) is 0 Å². The van der Waals surface area contributed by atoms with Crippen LogP contribution in [0.1, 0.15) is 28.8 Å². The van der Waals surface area contributed by atoms with Crippen molar-refractivity contribution < 1.29 is 39.1 Å². The third-order valence-electron chi connectivity index (χ3n) is 8.47. The molecular formula is C28H23N5O9. The lowest BCUT2D eigenvalue weighted by atomic mass is 9.54. The Balaban J connectivity index is 1.30. The van der Waals surface area contributed by atoms with Gasteiger partial charge in [-0.3, -0.25) is 34.1 Å². The van der Waals surface area contributed by atoms with E-state index in [1.54, 1.807) is 12.1 Å². The average Bonchev–Trinajstić information content (AvgIpc) is 3.41. The summed E-state index contributed by atoms with van der Waals surface area (Å²) < 4.78 is 0. The first kappa shape index (κ1) is 27.0. The number of nitro groups is 1. The van der Waals surface area contributed by atoms with E-state index in [1.165, 1.54) is 30.5 Å². The minimum Gasteiger partial charge on any atom is -0.505 e. The van der Waals surface area contributed by atoms with Gasteiger partial charge >= 0.3 is 0 Å². The highest BCUT2D eigenvalue weighted by Gasteiger charge is 2.66. The number of nitrogens with zero attached hydrogens (tertiary/aromatic N) is 2. The monoisotopic (exact) mass is 573 g/mol. The number of non-ortho nitro benzene ring substituents is 1. The van der Waals surface area contributed by atoms with Gasteiger partial charge in [0.1, 0.15) is 5.75 Å². The summed E-state index contributed by atoms with van der Waals surface area (Å²) in [5.41, 5.74) is 3.66. The molecule has 0 aliphatic heterocycles. The summed E-state index contributed by atoms with van der Waals surface area (Å²) >= 11 is 0. The lowest BCUT2D eigenvalue weighted by Gasteiger charge is -2.48. The van der Waals surface area contributed by atoms with Gasteiger partial charge in [-0.15, -0.1) is 0 Å². The number of amides is 1. The predicted molar refractivity (Wildman–Crippen MR) is 142 cm³/mol. The Labute approximate surface area is 236 Å². The van der Waals surface area contributed by atoms with Crippen molar-refractivity contribution in [2.24, 2.45) is 29.4 Å². The van der Waals surface area contributed by atoms with Crippen molar-refractivity contribution in [2.45, 2.75) is 24.9 Å². The molecule has 1 aromatic heterocycles. The van der Waals surface area contributed by atoms with Gasteiger partial charge in [0.25, 0.3) is 5.69 Å². The van der Waals surface area contributed by atoms with E-state index in [0.29, 0.717) is 16.8 Å². The summed E-state index contributed by atoms with van der Waals surface area (Å²) in [5.74, 6) is -10.8. The maximum absolute atomic E-state index is 13.7. The number of hydrogen-bond donors (Lipinski definition) is 5. The van der Waals surface area contributed by atoms with Crippen LogP contribution in [0.2, 0.25) is 0 Å². The molecular weight excluding hydrogens is 550 g/mol. The second-order valence-electron chi connectivity index (χ2n) is 10.8. The lowest BCUT2D eigenvalue weighted by Crippen LogP contribution is -2.68. The van der Waals surface area contributed by atoms with Gasteiger partial charge in [0, 0.05) is 30.0 Å². The van der Waals surface area contributed by atoms with Crippen LogP contribution in [0.4, 0.5) is 17.3 Å². The molecule has 42 heavy (non-hydrogen) atoms. The molecule has 0 spiro atoms. The summed E-state index contributed by atoms with van der Waals surface area (Å²) in [5, 5.41) is 36.4. The Hall–Kier alpha value is -5.24. The lowest BCUT2D eigenvalue weighted by molar-refractivity contribution is -0.384. The summed E-state index contributed by atoms with van der Waals surface area (Å²) in [6, 6.07) is 8.99. The zero-order valence-electron chi connectivity index (χ0n) is 21.7. The van der Waals surface area contributed by atoms with E-state index >= 15 is 0 Å². The number of Topliss-reactive ketones (excluding diaryl/α,β-unsaturated/α-hetero) is 4. The second-order valence-corrected chi connectivity index (χ2v) is 10.8. The van der Waals surface area contributed by atoms with E-state index in [9.17, 15) is 44.3 Å². The number of benzene rings is 2. The van der Waals surface area contributed by atoms with Crippen molar-refractivity contribution in [3.8, 4) is 17.0 Å². The van der Waals surface area contributed by atoms with Crippen molar-refractivity contribution in [1.82, 2.24) is 9.97 Å². The number of aromatic hydroxyl groups is 1. The van der Waals surface area contributed by atoms with Gasteiger partial charge in [0.05, 0.1) is 34.0 Å². The fourth-order valence-electron chi connectivity index (χ4n) is 6.49. The number of anilines is 2. The Morgan fingerprint density at radius 2 is 1.90 bits per heavy atom. The number of rotatable bonds is 5. The molecule has 6 rings (SSSR count). The molecule has 2 fully saturated rings. The van der Waals surface area contributed by atoms with Crippen LogP contribution < -0.4 is 11.1 Å². The minimum atomic E-state index is -2.72. The van der Waals surface area contributed by atoms with Crippen molar-refractivity contribution in [3.05, 3.63) is 63.8 Å². The fraction of sp³-hybridized carbons (Fsp3) is 0.286. The van der Waals surface area contributed by atoms with Gasteiger partial charge in [0.2, 0.25) is 11.9 Å². The highest BCUT2D eigenvalue weighted by Crippen LogP contribution is 2.50. The van der Waals surface area contributed by atoms with Gasteiger partial charge in [-0.05, 0) is 30.4 Å². The largest absolute Gasteiger partial charge is 0.505 e. The molecule has 3 aromatic rings. The molecule has 6 N–H and O–H groups in total. The number of imidazole rings is 1. The third-order valence-corrected chi connectivity index (χ3v) is 8.47. The van der Waals surface area contributed by atoms with Gasteiger partial charge in [-0.25, -0.2) is 4.98 Å². The first-order valence-corrected chi connectivity index (χ1v) is 13.0. The number of aliphatic hydroxyl groups is 1. The van der Waals surface area contributed by atoms with E-state index in [-0.39, 0.29) is 35.7 Å². The average molecular weight is 574 g/mol. The van der Waals surface area contributed by atoms with Crippen LogP contribution in [0, 0.1) is 33.8 Å². The normalized spacial score (nSPS) is 26.7. The maximum atomic E-state index is 13.7. The first-order valence-electron chi connectivity index (χ1n) is 13.0. The molecule has 0 radical (unpaired) electrons. The number of nitrogens with two attached hydrogens (primary N) is 1. The Morgan fingerprint density at radius 3 is 2.62 bits per heavy atom. The molecule has 214 valence electrons. The zero-order chi connectivity index (χ0) is 30.1. The Morgan fingerprint density at radius 1 is 1.14 bits per heavy atom. The Bertz CT molecular complexity index is 1750. The van der Waals surface area contributed by atoms with E-state index in [2.05, 4.69) is 15.3 Å². The number of aromatic nitrogens is 2. The number of carbonyl (C=O) groups is 5. The zero-order valence-corrected chi connectivity index (χ0v) is 21.7. The summed E-state index contributed by atoms with van der Waals surface area (Å²) in [4.78, 5) is 82.3. The van der Waals surface area contributed by atoms with Crippen LogP contribution in [-0.2, 0) is 25.6 Å². The number of phenols is 1. The second kappa shape index (κ2) is 9.41. The molecule has 0 bridgehead atoms. The third kappa shape index (κ3) is 3.90. The quantitative estimate of drug-likeness (QED) is 0.126. The number of nitro benzene ring substituents is 1. The van der Waals surface area contributed by atoms with Crippen LogP contribution in [0.5, 0.6) is 5.75 Å². The number of carbonyl (C=O) groups excluding carboxylic acids is 5. The van der Waals surface area contributed by atoms with E-state index < -0.39 is 75.4 Å². The van der Waals surface area contributed by atoms with E-state index in [1.807, 2.05) is 0 Å². The molecule has 2 aromatic carbocycles. The molecule has 2 unspecified atom stereocenters. The molecule has 0 saturated heterocycles. The number of hydrogen-bond acceptors (Lipinski definition) is 11. The number of primary amides is 1. The molecule has 14 heteroatoms. The van der Waals surface area contributed by atoms with Gasteiger partial charge in [0.15, 0.2) is 34.7 Å². The van der Waals surface area contributed by atoms with Crippen molar-refractivity contribution >= 4 is 46.4 Å². The predicted octanol–water partition coefficient (Wildman–Crippen LogP) is 1.37. The van der Waals surface area contributed by atoms with Gasteiger partial charge in [-0.1, -0.05) is 18.2 Å². The molecule has 5 atom stereocenters. The smallest absolute Gasteiger partial charge is 0.270 e. The van der Waals surface area contributed by atoms with Crippen LogP contribution in [-0.4, -0.2) is 59.7 Å². The highest BCUT2D eigenvalue weighted by atomic mass is 16.6. The topological polar surface area (TPSA) is 236 Å². The molecule has 14 nitrogen and oxygen atoms in total. The molecule has 1 heterocycles. The number of nitrogens with one attached hydrogen (secondary N) is 2. The maximum Gasteiger partial charge on any atom is 0.270 e. The van der Waals surface area contributed by atoms with Crippen molar-refractivity contribution in [3.63, 3.8) is 0 Å². The first-order chi connectivity index (χ1) is 19.9. The van der Waals surface area contributed by atoms with Crippen LogP contribution >= 0.6 is 0 Å². The van der Waals surface area contributed by atoms with E-state index in [0.717, 1.165) is 0 Å². The summed E-state index contributed by atoms with van der Waals surface area (Å²) in [6.07, 6.45) is 1.20. The number of phenolic OH excluding ortho intramolecular Hbond substituents is 1. The SMILES string of the molecule is NC(=O)C1C(=O)C[C@@H]2C[C@@H]3Cc4ccc(Nc5ncc(-c6cccc([N+](=O)[O-])c6)[nH]5)c(O)c4C(=O)C3C(=O)[C@]2(O)C1=O. The van der Waals surface area contributed by atoms with Crippen molar-refractivity contribution in [1.29, 1.82) is 0 Å². The van der Waals surface area contributed by atoms with E-state index in [4.69, 9.17) is 5.73 Å². The number of ketones is 4. The molecule has 3 aliphatic rings. The van der Waals surface area contributed by atoms with Crippen molar-refractivity contribution in [2.75, 3.05) is 5.32 Å². The Kier molecular flexibility index (Phi) is 6.04. The summed E-state index contributed by atoms with van der Waals surface area (Å²) in [6.45, 7) is 0. The highest BCUT2D eigenvalue weighted by molar-refractivity contribution is 6.31. The minimum absolute atomic E-state index is 0.00856. The number of aromatic amines is 1. The van der Waals surface area contributed by atoms with Crippen LogP contribution in [0.3, 0.4) is 0 Å². The van der Waals surface area contributed by atoms with Gasteiger partial charge < -0.3 is 26.2 Å². The molecule has 1 amide bonds. The molecule has 3 aliphatic carbocycles.